The van der Waals surface area contributed by atoms with Gasteiger partial charge in [0.25, 0.3) is 0 Å². The average Bonchev–Trinajstić information content (AvgIpc) is 2.40. The van der Waals surface area contributed by atoms with Crippen LogP contribution < -0.4 is 10.5 Å². The number of piperidine rings is 1. The van der Waals surface area contributed by atoms with Gasteiger partial charge in [0.05, 0.1) is 6.54 Å². The zero-order valence-corrected chi connectivity index (χ0v) is 12.9. The standard InChI is InChI=1S/C12H17ClN4O3S/c13-11-2-1-10(7-15-11)21(19,20)16-9-3-5-17(6-4-9)8-12(14)18/h1-2,7,9,16H,3-6,8H2,(H2,14,18). The molecule has 0 radical (unpaired) electrons. The van der Waals surface area contributed by atoms with E-state index in [1.165, 1.54) is 18.3 Å². The molecule has 0 atom stereocenters. The van der Waals surface area contributed by atoms with Crippen molar-refractivity contribution in [3.63, 3.8) is 0 Å². The first-order chi connectivity index (χ1) is 9.87. The second-order valence-corrected chi connectivity index (χ2v) is 7.06. The van der Waals surface area contributed by atoms with Crippen molar-refractivity contribution in [2.45, 2.75) is 23.8 Å². The van der Waals surface area contributed by atoms with Gasteiger partial charge in [-0.2, -0.15) is 0 Å². The van der Waals surface area contributed by atoms with Crippen molar-refractivity contribution in [1.29, 1.82) is 0 Å². The van der Waals surface area contributed by atoms with Crippen molar-refractivity contribution in [1.82, 2.24) is 14.6 Å². The number of carbonyl (C=O) groups excluding carboxylic acids is 1. The fraction of sp³-hybridized carbons (Fsp3) is 0.500. The van der Waals surface area contributed by atoms with Gasteiger partial charge in [-0.3, -0.25) is 9.69 Å². The second-order valence-electron chi connectivity index (χ2n) is 4.95. The van der Waals surface area contributed by atoms with Crippen molar-refractivity contribution in [2.24, 2.45) is 5.73 Å². The minimum Gasteiger partial charge on any atom is -0.369 e. The van der Waals surface area contributed by atoms with E-state index in [4.69, 9.17) is 17.3 Å². The first-order valence-electron chi connectivity index (χ1n) is 6.51. The Morgan fingerprint density at radius 3 is 2.62 bits per heavy atom. The third-order valence-electron chi connectivity index (χ3n) is 3.30. The van der Waals surface area contributed by atoms with Gasteiger partial charge in [0, 0.05) is 25.3 Å². The first-order valence-corrected chi connectivity index (χ1v) is 8.37. The second kappa shape index (κ2) is 6.69. The topological polar surface area (TPSA) is 105 Å². The van der Waals surface area contributed by atoms with E-state index in [2.05, 4.69) is 9.71 Å². The van der Waals surface area contributed by atoms with Crippen molar-refractivity contribution in [2.75, 3.05) is 19.6 Å². The molecule has 0 saturated carbocycles. The Balaban J connectivity index is 1.93. The molecule has 1 amide bonds. The van der Waals surface area contributed by atoms with E-state index in [-0.39, 0.29) is 28.5 Å². The number of rotatable bonds is 5. The fourth-order valence-corrected chi connectivity index (χ4v) is 3.60. The molecular weight excluding hydrogens is 316 g/mol. The van der Waals surface area contributed by atoms with Gasteiger partial charge in [-0.15, -0.1) is 0 Å². The molecule has 2 heterocycles. The molecule has 1 aliphatic rings. The Labute approximate surface area is 128 Å². The van der Waals surface area contributed by atoms with Gasteiger partial charge >= 0.3 is 0 Å². The summed E-state index contributed by atoms with van der Waals surface area (Å²) in [5.74, 6) is -0.374. The number of carbonyl (C=O) groups is 1. The Morgan fingerprint density at radius 2 is 2.10 bits per heavy atom. The third-order valence-corrected chi connectivity index (χ3v) is 5.03. The van der Waals surface area contributed by atoms with Crippen molar-refractivity contribution >= 4 is 27.5 Å². The molecular formula is C12H17ClN4O3S. The summed E-state index contributed by atoms with van der Waals surface area (Å²) in [6.07, 6.45) is 2.49. The van der Waals surface area contributed by atoms with Gasteiger partial charge in [-0.05, 0) is 25.0 Å². The van der Waals surface area contributed by atoms with Gasteiger partial charge in [0.1, 0.15) is 10.0 Å². The maximum Gasteiger partial charge on any atom is 0.242 e. The summed E-state index contributed by atoms with van der Waals surface area (Å²) in [4.78, 5) is 16.6. The average molecular weight is 333 g/mol. The predicted molar refractivity (Wildman–Crippen MR) is 78.2 cm³/mol. The maximum absolute atomic E-state index is 12.2. The third kappa shape index (κ3) is 4.63. The van der Waals surface area contributed by atoms with Crippen LogP contribution in [0.15, 0.2) is 23.2 Å². The van der Waals surface area contributed by atoms with Crippen LogP contribution in [0, 0.1) is 0 Å². The van der Waals surface area contributed by atoms with Crippen LogP contribution in [0.2, 0.25) is 5.15 Å². The van der Waals surface area contributed by atoms with Crippen LogP contribution in [0.25, 0.3) is 0 Å². The van der Waals surface area contributed by atoms with Crippen molar-refractivity contribution in [3.05, 3.63) is 23.5 Å². The molecule has 2 rings (SSSR count). The molecule has 9 heteroatoms. The number of halogens is 1. The van der Waals surface area contributed by atoms with E-state index in [0.717, 1.165) is 0 Å². The lowest BCUT2D eigenvalue weighted by Crippen LogP contribution is -2.46. The van der Waals surface area contributed by atoms with Gasteiger partial charge < -0.3 is 5.73 Å². The van der Waals surface area contributed by atoms with Gasteiger partial charge in [-0.25, -0.2) is 18.1 Å². The number of nitrogens with zero attached hydrogens (tertiary/aromatic N) is 2. The summed E-state index contributed by atoms with van der Waals surface area (Å²) in [6.45, 7) is 1.48. The van der Waals surface area contributed by atoms with Crippen LogP contribution in [0.5, 0.6) is 0 Å². The monoisotopic (exact) mass is 332 g/mol. The Hall–Kier alpha value is -1.22. The van der Waals surface area contributed by atoms with E-state index in [0.29, 0.717) is 25.9 Å². The lowest BCUT2D eigenvalue weighted by Gasteiger charge is -2.31. The van der Waals surface area contributed by atoms with Crippen molar-refractivity contribution < 1.29 is 13.2 Å². The minimum atomic E-state index is -3.60. The fourth-order valence-electron chi connectivity index (χ4n) is 2.24. The molecule has 21 heavy (non-hydrogen) atoms. The number of hydrogen-bond acceptors (Lipinski definition) is 5. The van der Waals surface area contributed by atoms with Crippen LogP contribution in [-0.4, -0.2) is 49.9 Å². The van der Waals surface area contributed by atoms with Crippen LogP contribution in [0.3, 0.4) is 0 Å². The Kier molecular flexibility index (Phi) is 5.15. The predicted octanol–water partition coefficient (Wildman–Crippen LogP) is -0.0370. The Morgan fingerprint density at radius 1 is 1.43 bits per heavy atom. The van der Waals surface area contributed by atoms with Crippen molar-refractivity contribution in [3.8, 4) is 0 Å². The molecule has 0 unspecified atom stereocenters. The van der Waals surface area contributed by atoms with Crippen LogP contribution in [-0.2, 0) is 14.8 Å². The SMILES string of the molecule is NC(=O)CN1CCC(NS(=O)(=O)c2ccc(Cl)nc2)CC1. The summed E-state index contributed by atoms with van der Waals surface area (Å²) >= 11 is 5.64. The van der Waals surface area contributed by atoms with E-state index in [9.17, 15) is 13.2 Å². The quantitative estimate of drug-likeness (QED) is 0.736. The Bertz CT molecular complexity index is 597. The highest BCUT2D eigenvalue weighted by Crippen LogP contribution is 2.15. The lowest BCUT2D eigenvalue weighted by atomic mass is 10.1. The minimum absolute atomic E-state index is 0.0893. The first kappa shape index (κ1) is 16.2. The molecule has 0 aromatic carbocycles. The zero-order valence-electron chi connectivity index (χ0n) is 11.3. The number of hydrogen-bond donors (Lipinski definition) is 2. The van der Waals surface area contributed by atoms with E-state index in [1.54, 1.807) is 0 Å². The summed E-state index contributed by atoms with van der Waals surface area (Å²) < 4.78 is 27.0. The molecule has 1 aromatic rings. The van der Waals surface area contributed by atoms with Gasteiger partial charge in [0.2, 0.25) is 15.9 Å². The number of pyridine rings is 1. The number of likely N-dealkylation sites (tertiary alicyclic amines) is 1. The number of aromatic nitrogens is 1. The highest BCUT2D eigenvalue weighted by molar-refractivity contribution is 7.89. The number of sulfonamides is 1. The lowest BCUT2D eigenvalue weighted by molar-refractivity contribution is -0.119. The number of nitrogens with two attached hydrogens (primary N) is 1. The molecule has 116 valence electrons. The molecule has 1 aromatic heterocycles. The van der Waals surface area contributed by atoms with Gasteiger partial charge in [0.15, 0.2) is 0 Å². The number of primary amides is 1. The normalized spacial score (nSPS) is 17.8. The molecule has 1 fully saturated rings. The number of amides is 1. The molecule has 1 aliphatic heterocycles. The zero-order chi connectivity index (χ0) is 15.5. The molecule has 0 bridgehead atoms. The van der Waals surface area contributed by atoms with Crippen LogP contribution >= 0.6 is 11.6 Å². The highest BCUT2D eigenvalue weighted by Gasteiger charge is 2.25. The molecule has 1 saturated heterocycles. The van der Waals surface area contributed by atoms with E-state index >= 15 is 0 Å². The summed E-state index contributed by atoms with van der Waals surface area (Å²) in [5, 5.41) is 0.244. The summed E-state index contributed by atoms with van der Waals surface area (Å²) in [7, 11) is -3.60. The molecule has 0 spiro atoms. The van der Waals surface area contributed by atoms with E-state index in [1.807, 2.05) is 4.90 Å². The smallest absolute Gasteiger partial charge is 0.242 e. The summed E-state index contributed by atoms with van der Waals surface area (Å²) in [6, 6.07) is 2.70. The number of nitrogens with one attached hydrogen (secondary N) is 1. The van der Waals surface area contributed by atoms with Crippen LogP contribution in [0.4, 0.5) is 0 Å². The molecule has 0 aliphatic carbocycles. The molecule has 3 N–H and O–H groups in total. The van der Waals surface area contributed by atoms with Gasteiger partial charge in [-0.1, -0.05) is 11.6 Å². The highest BCUT2D eigenvalue weighted by atomic mass is 35.5. The van der Waals surface area contributed by atoms with Crippen LogP contribution in [0.1, 0.15) is 12.8 Å². The summed E-state index contributed by atoms with van der Waals surface area (Å²) in [5.41, 5.74) is 5.14. The molecule has 7 nitrogen and oxygen atoms in total. The largest absolute Gasteiger partial charge is 0.369 e. The maximum atomic E-state index is 12.2. The van der Waals surface area contributed by atoms with E-state index < -0.39 is 10.0 Å².